The van der Waals surface area contributed by atoms with Crippen LogP contribution in [0, 0.1) is 5.82 Å². The average molecular weight is 444 g/mol. The van der Waals surface area contributed by atoms with Crippen molar-refractivity contribution in [2.24, 2.45) is 0 Å². The number of carbonyl (C=O) groups excluding carboxylic acids is 1. The van der Waals surface area contributed by atoms with Crippen LogP contribution >= 0.6 is 0 Å². The summed E-state index contributed by atoms with van der Waals surface area (Å²) in [7, 11) is -6.02. The molecule has 0 aliphatic carbocycles. The van der Waals surface area contributed by atoms with E-state index < -0.39 is 37.8 Å². The minimum Gasteiger partial charge on any atom is -0.324 e. The number of carbonyl (C=O) groups is 1. The normalized spacial score (nSPS) is 12.9. The summed E-state index contributed by atoms with van der Waals surface area (Å²) in [5, 5.41) is 2.57. The molecule has 0 aliphatic rings. The third kappa shape index (κ3) is 5.67. The highest BCUT2D eigenvalue weighted by Crippen LogP contribution is 2.24. The maximum Gasteiger partial charge on any atom is 0.247 e. The van der Waals surface area contributed by atoms with Crippen LogP contribution in [-0.4, -0.2) is 48.3 Å². The summed E-state index contributed by atoms with van der Waals surface area (Å²) in [6, 6.07) is 9.81. The Morgan fingerprint density at radius 3 is 2.10 bits per heavy atom. The fourth-order valence-corrected chi connectivity index (χ4v) is 4.30. The van der Waals surface area contributed by atoms with Crippen molar-refractivity contribution in [2.75, 3.05) is 33.5 Å². The SMILES string of the molecule is C[C@H](C(=O)Nc1cccc(N(C)S(C)(=O)=O)c1)N(c1cccc(F)c1)S(C)(=O)=O. The number of sulfonamides is 2. The van der Waals surface area contributed by atoms with E-state index in [-0.39, 0.29) is 11.4 Å². The number of benzene rings is 2. The molecule has 0 heterocycles. The highest BCUT2D eigenvalue weighted by molar-refractivity contribution is 7.92. The summed E-state index contributed by atoms with van der Waals surface area (Å²) in [5.41, 5.74) is 0.617. The Bertz CT molecular complexity index is 1120. The fraction of sp³-hybridized carbons (Fsp3) is 0.278. The lowest BCUT2D eigenvalue weighted by Crippen LogP contribution is -2.45. The first-order valence-electron chi connectivity index (χ1n) is 8.40. The second-order valence-electron chi connectivity index (χ2n) is 6.48. The van der Waals surface area contributed by atoms with Crippen molar-refractivity contribution in [3.05, 3.63) is 54.3 Å². The van der Waals surface area contributed by atoms with E-state index in [1.165, 1.54) is 44.3 Å². The minimum atomic E-state index is -3.89. The summed E-state index contributed by atoms with van der Waals surface area (Å²) in [6.45, 7) is 1.37. The first kappa shape index (κ1) is 22.6. The van der Waals surface area contributed by atoms with E-state index in [9.17, 15) is 26.0 Å². The maximum absolute atomic E-state index is 13.6. The van der Waals surface area contributed by atoms with Gasteiger partial charge in [-0.3, -0.25) is 13.4 Å². The molecule has 0 unspecified atom stereocenters. The molecule has 0 bridgehead atoms. The topological polar surface area (TPSA) is 104 Å². The van der Waals surface area contributed by atoms with Gasteiger partial charge in [0.15, 0.2) is 0 Å². The van der Waals surface area contributed by atoms with Crippen molar-refractivity contribution in [3.63, 3.8) is 0 Å². The van der Waals surface area contributed by atoms with Crippen molar-refractivity contribution in [2.45, 2.75) is 13.0 Å². The average Bonchev–Trinajstić information content (AvgIpc) is 2.59. The van der Waals surface area contributed by atoms with Crippen LogP contribution in [0.25, 0.3) is 0 Å². The minimum absolute atomic E-state index is 0.0145. The molecule has 2 aromatic carbocycles. The van der Waals surface area contributed by atoms with Crippen molar-refractivity contribution in [1.82, 2.24) is 0 Å². The molecule has 0 fully saturated rings. The summed E-state index contributed by atoms with van der Waals surface area (Å²) in [5.74, 6) is -1.31. The lowest BCUT2D eigenvalue weighted by Gasteiger charge is -2.28. The van der Waals surface area contributed by atoms with Crippen LogP contribution in [0.1, 0.15) is 6.92 Å². The van der Waals surface area contributed by atoms with E-state index >= 15 is 0 Å². The van der Waals surface area contributed by atoms with E-state index in [1.807, 2.05) is 0 Å². The van der Waals surface area contributed by atoms with E-state index in [0.29, 0.717) is 5.69 Å². The van der Waals surface area contributed by atoms with Gasteiger partial charge in [0.05, 0.1) is 23.9 Å². The molecule has 158 valence electrons. The van der Waals surface area contributed by atoms with Crippen LogP contribution in [0.5, 0.6) is 0 Å². The molecule has 1 N–H and O–H groups in total. The molecule has 0 aliphatic heterocycles. The lowest BCUT2D eigenvalue weighted by atomic mass is 10.2. The Hall–Kier alpha value is -2.66. The Kier molecular flexibility index (Phi) is 6.53. The third-order valence-electron chi connectivity index (χ3n) is 4.13. The monoisotopic (exact) mass is 443 g/mol. The zero-order valence-corrected chi connectivity index (χ0v) is 18.0. The van der Waals surface area contributed by atoms with Gasteiger partial charge in [0.1, 0.15) is 11.9 Å². The van der Waals surface area contributed by atoms with Crippen LogP contribution in [-0.2, 0) is 24.8 Å². The van der Waals surface area contributed by atoms with E-state index in [1.54, 1.807) is 12.1 Å². The number of halogens is 1. The molecule has 2 rings (SSSR count). The largest absolute Gasteiger partial charge is 0.324 e. The number of hydrogen-bond acceptors (Lipinski definition) is 5. The molecule has 29 heavy (non-hydrogen) atoms. The van der Waals surface area contributed by atoms with Crippen LogP contribution in [0.3, 0.4) is 0 Å². The summed E-state index contributed by atoms with van der Waals surface area (Å²) in [6.07, 6.45) is 1.96. The zero-order valence-electron chi connectivity index (χ0n) is 16.3. The second-order valence-corrected chi connectivity index (χ2v) is 10.4. The molecule has 2 aromatic rings. The van der Waals surface area contributed by atoms with Gasteiger partial charge in [0.2, 0.25) is 26.0 Å². The molecule has 0 spiro atoms. The maximum atomic E-state index is 13.6. The number of nitrogens with one attached hydrogen (secondary N) is 1. The Morgan fingerprint density at radius 2 is 1.55 bits per heavy atom. The molecule has 0 aromatic heterocycles. The smallest absolute Gasteiger partial charge is 0.247 e. The predicted molar refractivity (Wildman–Crippen MR) is 112 cm³/mol. The van der Waals surface area contributed by atoms with Gasteiger partial charge in [0, 0.05) is 12.7 Å². The van der Waals surface area contributed by atoms with E-state index in [2.05, 4.69) is 5.32 Å². The Morgan fingerprint density at radius 1 is 0.966 bits per heavy atom. The third-order valence-corrected chi connectivity index (χ3v) is 6.57. The highest BCUT2D eigenvalue weighted by Gasteiger charge is 2.29. The second kappa shape index (κ2) is 8.37. The van der Waals surface area contributed by atoms with E-state index in [4.69, 9.17) is 0 Å². The standard InChI is InChI=1S/C18H22FN3O5S2/c1-13(22(29(4,26)27)17-10-5-7-14(19)11-17)18(23)20-15-8-6-9-16(12-15)21(2)28(3,24)25/h5-13H,1-4H3,(H,20,23)/t13-/m1/s1. The Balaban J connectivity index is 2.31. The summed E-state index contributed by atoms with van der Waals surface area (Å²) < 4.78 is 63.3. The quantitative estimate of drug-likeness (QED) is 0.705. The van der Waals surface area contributed by atoms with Crippen LogP contribution in [0.2, 0.25) is 0 Å². The van der Waals surface area contributed by atoms with Crippen LogP contribution < -0.4 is 13.9 Å². The number of rotatable bonds is 7. The van der Waals surface area contributed by atoms with Gasteiger partial charge in [-0.25, -0.2) is 21.2 Å². The predicted octanol–water partition coefficient (Wildman–Crippen LogP) is 2.01. The first-order chi connectivity index (χ1) is 13.3. The van der Waals surface area contributed by atoms with E-state index in [0.717, 1.165) is 27.2 Å². The van der Waals surface area contributed by atoms with Crippen LogP contribution in [0.15, 0.2) is 48.5 Å². The molecule has 11 heteroatoms. The summed E-state index contributed by atoms with van der Waals surface area (Å²) in [4.78, 5) is 12.7. The van der Waals surface area contributed by atoms with Gasteiger partial charge in [-0.2, -0.15) is 0 Å². The molecule has 1 amide bonds. The summed E-state index contributed by atoms with van der Waals surface area (Å²) >= 11 is 0. The number of hydrogen-bond donors (Lipinski definition) is 1. The zero-order chi connectivity index (χ0) is 22.0. The molecule has 1 atom stereocenters. The van der Waals surface area contributed by atoms with Crippen molar-refractivity contribution in [1.29, 1.82) is 0 Å². The number of nitrogens with zero attached hydrogens (tertiary/aromatic N) is 2. The van der Waals surface area contributed by atoms with Gasteiger partial charge in [-0.05, 0) is 43.3 Å². The molecule has 0 saturated carbocycles. The van der Waals surface area contributed by atoms with Crippen molar-refractivity contribution >= 4 is 43.0 Å². The van der Waals surface area contributed by atoms with Gasteiger partial charge in [-0.1, -0.05) is 12.1 Å². The lowest BCUT2D eigenvalue weighted by molar-refractivity contribution is -0.116. The van der Waals surface area contributed by atoms with Gasteiger partial charge in [-0.15, -0.1) is 0 Å². The molecular weight excluding hydrogens is 421 g/mol. The molecular formula is C18H22FN3O5S2. The van der Waals surface area contributed by atoms with Gasteiger partial charge < -0.3 is 5.32 Å². The van der Waals surface area contributed by atoms with Gasteiger partial charge in [0.25, 0.3) is 0 Å². The Labute approximate surface area is 170 Å². The van der Waals surface area contributed by atoms with Gasteiger partial charge >= 0.3 is 0 Å². The number of anilines is 3. The highest BCUT2D eigenvalue weighted by atomic mass is 32.2. The number of amides is 1. The van der Waals surface area contributed by atoms with Crippen LogP contribution in [0.4, 0.5) is 21.5 Å². The first-order valence-corrected chi connectivity index (χ1v) is 12.1. The van der Waals surface area contributed by atoms with Crippen molar-refractivity contribution < 1.29 is 26.0 Å². The molecule has 0 radical (unpaired) electrons. The fourth-order valence-electron chi connectivity index (χ4n) is 2.64. The van der Waals surface area contributed by atoms with Crippen molar-refractivity contribution in [3.8, 4) is 0 Å². The molecule has 0 saturated heterocycles. The molecule has 8 nitrogen and oxygen atoms in total.